The van der Waals surface area contributed by atoms with Crippen LogP contribution < -0.4 is 10.3 Å². The molecule has 0 saturated carbocycles. The van der Waals surface area contributed by atoms with Gasteiger partial charge in [0.1, 0.15) is 12.2 Å². The Balaban J connectivity index is 2.06. The number of aliphatic hydroxyl groups excluding tert-OH is 2. The molecule has 17 heavy (non-hydrogen) atoms. The van der Waals surface area contributed by atoms with Gasteiger partial charge in [-0.1, -0.05) is 0 Å². The van der Waals surface area contributed by atoms with Gasteiger partial charge in [-0.3, -0.25) is 9.78 Å². The minimum absolute atomic E-state index is 0.139. The number of aromatic amines is 1. The van der Waals surface area contributed by atoms with Crippen molar-refractivity contribution in [2.45, 2.75) is 17.5 Å². The highest BCUT2D eigenvalue weighted by atomic mass is 32.2. The Morgan fingerprint density at radius 2 is 2.47 bits per heavy atom. The summed E-state index contributed by atoms with van der Waals surface area (Å²) < 4.78 is 17.9. The van der Waals surface area contributed by atoms with E-state index in [-0.39, 0.29) is 17.9 Å². The zero-order chi connectivity index (χ0) is 12.4. The van der Waals surface area contributed by atoms with Crippen LogP contribution in [0.1, 0.15) is 0 Å². The zero-order valence-corrected chi connectivity index (χ0v) is 9.48. The van der Waals surface area contributed by atoms with E-state index in [2.05, 4.69) is 9.97 Å². The number of halogens is 1. The summed E-state index contributed by atoms with van der Waals surface area (Å²) >= 11 is 1.37. The van der Waals surface area contributed by atoms with E-state index in [0.29, 0.717) is 5.75 Å². The van der Waals surface area contributed by atoms with Gasteiger partial charge in [-0.05, 0) is 0 Å². The molecule has 8 heteroatoms. The van der Waals surface area contributed by atoms with Crippen LogP contribution in [0.3, 0.4) is 0 Å². The molecule has 0 radical (unpaired) electrons. The van der Waals surface area contributed by atoms with Gasteiger partial charge in [0.15, 0.2) is 0 Å². The van der Waals surface area contributed by atoms with E-state index in [0.717, 1.165) is 6.20 Å². The second kappa shape index (κ2) is 5.03. The first-order valence-corrected chi connectivity index (χ1v) is 5.98. The largest absolute Gasteiger partial charge is 0.458 e. The molecule has 0 amide bonds. The summed E-state index contributed by atoms with van der Waals surface area (Å²) in [5, 5.41) is 18.4. The summed E-state index contributed by atoms with van der Waals surface area (Å²) in [5.41, 5.74) is -0.922. The number of aromatic nitrogens is 2. The molecule has 0 spiro atoms. The maximum absolute atomic E-state index is 12.7. The lowest BCUT2D eigenvalue weighted by atomic mass is 10.2. The molecule has 3 N–H and O–H groups in total. The molecule has 6 nitrogen and oxygen atoms in total. The van der Waals surface area contributed by atoms with Crippen molar-refractivity contribution in [1.82, 2.24) is 9.97 Å². The highest BCUT2D eigenvalue weighted by molar-refractivity contribution is 8.00. The first-order chi connectivity index (χ1) is 8.11. The van der Waals surface area contributed by atoms with E-state index in [4.69, 9.17) is 9.84 Å². The quantitative estimate of drug-likeness (QED) is 0.655. The van der Waals surface area contributed by atoms with E-state index in [9.17, 15) is 14.3 Å². The summed E-state index contributed by atoms with van der Waals surface area (Å²) in [6.07, 6.45) is -0.669. The number of rotatable bonds is 3. The lowest BCUT2D eigenvalue weighted by Gasteiger charge is -2.17. The number of H-pyrrole nitrogens is 1. The number of hydrogen-bond donors (Lipinski definition) is 3. The maximum Gasteiger partial charge on any atom is 0.296 e. The van der Waals surface area contributed by atoms with Gasteiger partial charge in [0.2, 0.25) is 5.82 Å². The fourth-order valence-corrected chi connectivity index (χ4v) is 2.67. The Bertz CT molecular complexity index is 455. The molecule has 1 aromatic heterocycles. The molecule has 2 rings (SSSR count). The highest BCUT2D eigenvalue weighted by Gasteiger charge is 2.37. The van der Waals surface area contributed by atoms with Crippen molar-refractivity contribution in [1.29, 1.82) is 0 Å². The van der Waals surface area contributed by atoms with Crippen molar-refractivity contribution in [2.75, 3.05) is 12.4 Å². The van der Waals surface area contributed by atoms with E-state index in [1.54, 1.807) is 0 Å². The van der Waals surface area contributed by atoms with Gasteiger partial charge in [0.25, 0.3) is 11.6 Å². The molecule has 1 fully saturated rings. The van der Waals surface area contributed by atoms with Gasteiger partial charge >= 0.3 is 0 Å². The Morgan fingerprint density at radius 3 is 3.06 bits per heavy atom. The predicted molar refractivity (Wildman–Crippen MR) is 58.6 cm³/mol. The average molecular weight is 262 g/mol. The standard InChI is InChI=1S/C9H11FN2O4S/c10-4-1-11-9(12-8(4)15)16-5-3-17-6(2-13)7(5)14/h1,5-7,13-14H,2-3H2,(H,11,12,15)/t5-,6-,7+/m1/s1. The van der Waals surface area contributed by atoms with Gasteiger partial charge in [0, 0.05) is 5.75 Å². The van der Waals surface area contributed by atoms with Crippen LogP contribution in [0, 0.1) is 5.82 Å². The van der Waals surface area contributed by atoms with E-state index < -0.39 is 23.6 Å². The lowest BCUT2D eigenvalue weighted by molar-refractivity contribution is 0.0414. The van der Waals surface area contributed by atoms with Crippen LogP contribution in [0.5, 0.6) is 6.01 Å². The molecular formula is C9H11FN2O4S. The normalized spacial score (nSPS) is 28.3. The third kappa shape index (κ3) is 2.59. The third-order valence-corrected chi connectivity index (χ3v) is 3.79. The molecule has 2 heterocycles. The molecule has 1 saturated heterocycles. The highest BCUT2D eigenvalue weighted by Crippen LogP contribution is 2.28. The number of aliphatic hydroxyl groups is 2. The molecule has 3 atom stereocenters. The first-order valence-electron chi connectivity index (χ1n) is 4.94. The summed E-state index contributed by atoms with van der Waals surface area (Å²) in [7, 11) is 0. The van der Waals surface area contributed by atoms with Crippen molar-refractivity contribution in [2.24, 2.45) is 0 Å². The van der Waals surface area contributed by atoms with Gasteiger partial charge in [-0.25, -0.2) is 4.98 Å². The van der Waals surface area contributed by atoms with Crippen LogP contribution in [0.4, 0.5) is 4.39 Å². The van der Waals surface area contributed by atoms with Crippen molar-refractivity contribution >= 4 is 11.8 Å². The number of thioether (sulfide) groups is 1. The van der Waals surface area contributed by atoms with Gasteiger partial charge < -0.3 is 14.9 Å². The van der Waals surface area contributed by atoms with Crippen LogP contribution in [-0.4, -0.2) is 50.0 Å². The van der Waals surface area contributed by atoms with E-state index >= 15 is 0 Å². The number of hydrogen-bond acceptors (Lipinski definition) is 6. The second-order valence-electron chi connectivity index (χ2n) is 3.57. The summed E-state index contributed by atoms with van der Waals surface area (Å²) in [6, 6.07) is -0.139. The predicted octanol–water partition coefficient (Wildman–Crippen LogP) is -0.875. The molecule has 1 aliphatic heterocycles. The Labute approximate surface area is 99.8 Å². The van der Waals surface area contributed by atoms with Crippen LogP contribution >= 0.6 is 11.8 Å². The summed E-state index contributed by atoms with van der Waals surface area (Å²) in [6.45, 7) is -0.154. The summed E-state index contributed by atoms with van der Waals surface area (Å²) in [5.74, 6) is -0.528. The fraction of sp³-hybridized carbons (Fsp3) is 0.556. The third-order valence-electron chi connectivity index (χ3n) is 2.41. The van der Waals surface area contributed by atoms with E-state index in [1.165, 1.54) is 11.8 Å². The van der Waals surface area contributed by atoms with Crippen LogP contribution in [-0.2, 0) is 0 Å². The molecule has 0 unspecified atom stereocenters. The molecule has 0 aromatic carbocycles. The lowest BCUT2D eigenvalue weighted by Crippen LogP contribution is -2.36. The zero-order valence-electron chi connectivity index (χ0n) is 8.67. The monoisotopic (exact) mass is 262 g/mol. The molecule has 0 aliphatic carbocycles. The van der Waals surface area contributed by atoms with Gasteiger partial charge in [-0.15, -0.1) is 11.8 Å². The molecule has 0 bridgehead atoms. The van der Waals surface area contributed by atoms with Crippen molar-refractivity contribution in [3.63, 3.8) is 0 Å². The van der Waals surface area contributed by atoms with E-state index in [1.807, 2.05) is 0 Å². The Morgan fingerprint density at radius 1 is 1.71 bits per heavy atom. The van der Waals surface area contributed by atoms with Crippen LogP contribution in [0.15, 0.2) is 11.0 Å². The van der Waals surface area contributed by atoms with Crippen LogP contribution in [0.2, 0.25) is 0 Å². The Hall–Kier alpha value is -1.12. The second-order valence-corrected chi connectivity index (χ2v) is 4.84. The number of ether oxygens (including phenoxy) is 1. The first kappa shape index (κ1) is 12.3. The molecular weight excluding hydrogens is 251 g/mol. The van der Waals surface area contributed by atoms with Crippen molar-refractivity contribution < 1.29 is 19.3 Å². The average Bonchev–Trinajstić information content (AvgIpc) is 2.65. The fourth-order valence-electron chi connectivity index (χ4n) is 1.49. The topological polar surface area (TPSA) is 95.4 Å². The molecule has 1 aromatic rings. The molecule has 1 aliphatic rings. The number of nitrogens with one attached hydrogen (secondary N) is 1. The smallest absolute Gasteiger partial charge is 0.296 e. The van der Waals surface area contributed by atoms with Gasteiger partial charge in [0.05, 0.1) is 18.1 Å². The van der Waals surface area contributed by atoms with Crippen molar-refractivity contribution in [3.8, 4) is 6.01 Å². The van der Waals surface area contributed by atoms with Crippen molar-refractivity contribution in [3.05, 3.63) is 22.4 Å². The molecule has 94 valence electrons. The SMILES string of the molecule is O=c1[nH]c(O[C@@H]2CS[C@H](CO)[C@H]2O)ncc1F. The minimum Gasteiger partial charge on any atom is -0.458 e. The van der Waals surface area contributed by atoms with Crippen LogP contribution in [0.25, 0.3) is 0 Å². The Kier molecular flexibility index (Phi) is 3.65. The maximum atomic E-state index is 12.7. The van der Waals surface area contributed by atoms with Gasteiger partial charge in [-0.2, -0.15) is 4.39 Å². The minimum atomic E-state index is -0.994. The number of nitrogens with zero attached hydrogens (tertiary/aromatic N) is 1. The summed E-state index contributed by atoms with van der Waals surface area (Å²) in [4.78, 5) is 16.6.